The molecule has 0 saturated heterocycles. The van der Waals surface area contributed by atoms with Gasteiger partial charge in [0.2, 0.25) is 0 Å². The Balaban J connectivity index is 2.21. The number of rotatable bonds is 1. The van der Waals surface area contributed by atoms with Gasteiger partial charge < -0.3 is 10.5 Å². The van der Waals surface area contributed by atoms with Crippen LogP contribution in [0.2, 0.25) is 5.02 Å². The van der Waals surface area contributed by atoms with Crippen LogP contribution in [0.1, 0.15) is 15.2 Å². The maximum absolute atomic E-state index is 11.2. The molecule has 0 fully saturated rings. The molecule has 3 nitrogen and oxygen atoms in total. The van der Waals surface area contributed by atoms with Crippen molar-refractivity contribution in [1.82, 2.24) is 0 Å². The van der Waals surface area contributed by atoms with E-state index in [1.807, 2.05) is 12.1 Å². The molecule has 1 amide bonds. The van der Waals surface area contributed by atoms with Gasteiger partial charge in [0.25, 0.3) is 5.91 Å². The van der Waals surface area contributed by atoms with Crippen LogP contribution in [-0.4, -0.2) is 5.91 Å². The second-order valence-electron chi connectivity index (χ2n) is 3.76. The van der Waals surface area contributed by atoms with E-state index in [0.29, 0.717) is 16.5 Å². The van der Waals surface area contributed by atoms with Crippen LogP contribution in [0.25, 0.3) is 10.4 Å². The van der Waals surface area contributed by atoms with Crippen molar-refractivity contribution in [2.45, 2.75) is 6.61 Å². The molecule has 0 saturated carbocycles. The van der Waals surface area contributed by atoms with E-state index in [-0.39, 0.29) is 0 Å². The van der Waals surface area contributed by atoms with Gasteiger partial charge in [0.1, 0.15) is 12.4 Å². The zero-order valence-electron chi connectivity index (χ0n) is 8.70. The summed E-state index contributed by atoms with van der Waals surface area (Å²) in [5.74, 6) is 0.382. The lowest BCUT2D eigenvalue weighted by atomic mass is 10.1. The molecule has 1 aliphatic rings. The number of hydrogen-bond acceptors (Lipinski definition) is 3. The number of carbonyl (C=O) groups is 1. The number of primary amides is 1. The number of fused-ring (bicyclic) bond motifs is 3. The highest BCUT2D eigenvalue weighted by molar-refractivity contribution is 7.17. The molecule has 1 aromatic heterocycles. The Labute approximate surface area is 107 Å². The summed E-state index contributed by atoms with van der Waals surface area (Å²) in [6, 6.07) is 7.25. The lowest BCUT2D eigenvalue weighted by Gasteiger charge is -2.17. The Hall–Kier alpha value is -1.52. The van der Waals surface area contributed by atoms with Gasteiger partial charge in [0.15, 0.2) is 0 Å². The molecule has 17 heavy (non-hydrogen) atoms. The highest BCUT2D eigenvalue weighted by atomic mass is 35.5. The largest absolute Gasteiger partial charge is 0.488 e. The van der Waals surface area contributed by atoms with Gasteiger partial charge in [-0.05, 0) is 24.3 Å². The number of benzene rings is 1. The van der Waals surface area contributed by atoms with E-state index in [2.05, 4.69) is 0 Å². The van der Waals surface area contributed by atoms with Crippen LogP contribution >= 0.6 is 22.9 Å². The fourth-order valence-corrected chi connectivity index (χ4v) is 3.06. The summed E-state index contributed by atoms with van der Waals surface area (Å²) >= 11 is 7.35. The van der Waals surface area contributed by atoms with Gasteiger partial charge in [0.05, 0.1) is 4.88 Å². The first-order valence-corrected chi connectivity index (χ1v) is 6.20. The summed E-state index contributed by atoms with van der Waals surface area (Å²) in [6.07, 6.45) is 0. The average molecular weight is 266 g/mol. The molecule has 1 aromatic carbocycles. The van der Waals surface area contributed by atoms with Crippen molar-refractivity contribution in [3.05, 3.63) is 39.7 Å². The lowest BCUT2D eigenvalue weighted by Crippen LogP contribution is -2.08. The molecule has 1 aliphatic heterocycles. The Morgan fingerprint density at radius 3 is 3.00 bits per heavy atom. The number of nitrogens with two attached hydrogens (primary N) is 1. The molecule has 0 atom stereocenters. The van der Waals surface area contributed by atoms with Crippen LogP contribution in [0.5, 0.6) is 5.75 Å². The molecular formula is C12H8ClNO2S. The maximum atomic E-state index is 11.2. The molecule has 0 aliphatic carbocycles. The molecule has 2 heterocycles. The quantitative estimate of drug-likeness (QED) is 0.862. The predicted octanol–water partition coefficient (Wildman–Crippen LogP) is 3.06. The van der Waals surface area contributed by atoms with E-state index in [0.717, 1.165) is 21.8 Å². The van der Waals surface area contributed by atoms with E-state index < -0.39 is 5.91 Å². The maximum Gasteiger partial charge on any atom is 0.258 e. The number of halogens is 1. The zero-order valence-corrected chi connectivity index (χ0v) is 10.3. The van der Waals surface area contributed by atoms with Crippen molar-refractivity contribution in [3.8, 4) is 16.2 Å². The van der Waals surface area contributed by atoms with E-state index >= 15 is 0 Å². The number of thiophene rings is 1. The second-order valence-corrected chi connectivity index (χ2v) is 5.25. The van der Waals surface area contributed by atoms with Gasteiger partial charge in [-0.3, -0.25) is 4.79 Å². The lowest BCUT2D eigenvalue weighted by molar-refractivity contribution is 0.100. The van der Waals surface area contributed by atoms with E-state index in [1.165, 1.54) is 11.3 Å². The average Bonchev–Trinajstić information content (AvgIpc) is 2.73. The highest BCUT2D eigenvalue weighted by Crippen LogP contribution is 2.43. The second kappa shape index (κ2) is 3.75. The summed E-state index contributed by atoms with van der Waals surface area (Å²) in [5, 5.41) is 0.647. The molecule has 2 aromatic rings. The normalized spacial score (nSPS) is 12.5. The Kier molecular flexibility index (Phi) is 2.34. The number of ether oxygens (including phenoxy) is 1. The molecule has 3 rings (SSSR count). The van der Waals surface area contributed by atoms with Crippen LogP contribution in [0, 0.1) is 0 Å². The monoisotopic (exact) mass is 265 g/mol. The van der Waals surface area contributed by atoms with Gasteiger partial charge in [0, 0.05) is 21.0 Å². The van der Waals surface area contributed by atoms with Crippen LogP contribution in [0.15, 0.2) is 24.3 Å². The van der Waals surface area contributed by atoms with Crippen molar-refractivity contribution in [2.75, 3.05) is 0 Å². The first-order valence-electron chi connectivity index (χ1n) is 5.00. The molecule has 2 N–H and O–H groups in total. The number of carbonyl (C=O) groups excluding carboxylic acids is 1. The van der Waals surface area contributed by atoms with Gasteiger partial charge >= 0.3 is 0 Å². The SMILES string of the molecule is NC(=O)c1cc2c(s1)-c1cc(Cl)ccc1OC2. The highest BCUT2D eigenvalue weighted by Gasteiger charge is 2.22. The fraction of sp³-hybridized carbons (Fsp3) is 0.0833. The molecule has 0 unspecified atom stereocenters. The summed E-state index contributed by atoms with van der Waals surface area (Å²) in [6.45, 7) is 0.466. The van der Waals surface area contributed by atoms with Gasteiger partial charge in [-0.2, -0.15) is 0 Å². The van der Waals surface area contributed by atoms with Gasteiger partial charge in [-0.25, -0.2) is 0 Å². The van der Waals surface area contributed by atoms with E-state index in [4.69, 9.17) is 22.1 Å². The molecule has 0 spiro atoms. The first kappa shape index (κ1) is 10.6. The molecular weight excluding hydrogens is 258 g/mol. The topological polar surface area (TPSA) is 52.3 Å². The molecule has 0 bridgehead atoms. The van der Waals surface area contributed by atoms with E-state index in [1.54, 1.807) is 12.1 Å². The minimum atomic E-state index is -0.409. The Morgan fingerprint density at radius 2 is 2.24 bits per heavy atom. The van der Waals surface area contributed by atoms with Crippen molar-refractivity contribution < 1.29 is 9.53 Å². The third-order valence-electron chi connectivity index (χ3n) is 2.62. The van der Waals surface area contributed by atoms with Crippen LogP contribution in [-0.2, 0) is 6.61 Å². The van der Waals surface area contributed by atoms with Crippen molar-refractivity contribution in [1.29, 1.82) is 0 Å². The number of amides is 1. The fourth-order valence-electron chi connectivity index (χ4n) is 1.85. The molecule has 5 heteroatoms. The standard InChI is InChI=1S/C12H8ClNO2S/c13-7-1-2-9-8(4-7)11-6(5-16-9)3-10(17-11)12(14)15/h1-4H,5H2,(H2,14,15). The van der Waals surface area contributed by atoms with Crippen LogP contribution in [0.3, 0.4) is 0 Å². The summed E-state index contributed by atoms with van der Waals surface area (Å²) in [4.78, 5) is 12.7. The summed E-state index contributed by atoms with van der Waals surface area (Å²) in [7, 11) is 0. The Bertz CT molecular complexity index is 621. The smallest absolute Gasteiger partial charge is 0.258 e. The van der Waals surface area contributed by atoms with Crippen molar-refractivity contribution in [2.24, 2.45) is 5.73 Å². The molecule has 0 radical (unpaired) electrons. The third-order valence-corrected chi connectivity index (χ3v) is 4.08. The van der Waals surface area contributed by atoms with Gasteiger partial charge in [-0.1, -0.05) is 11.6 Å². The molecule has 86 valence electrons. The minimum Gasteiger partial charge on any atom is -0.488 e. The van der Waals surface area contributed by atoms with Gasteiger partial charge in [-0.15, -0.1) is 11.3 Å². The van der Waals surface area contributed by atoms with E-state index in [9.17, 15) is 4.79 Å². The van der Waals surface area contributed by atoms with Crippen molar-refractivity contribution in [3.63, 3.8) is 0 Å². The first-order chi connectivity index (χ1) is 8.15. The number of hydrogen-bond donors (Lipinski definition) is 1. The predicted molar refractivity (Wildman–Crippen MR) is 67.6 cm³/mol. The minimum absolute atomic E-state index is 0.409. The van der Waals surface area contributed by atoms with Crippen molar-refractivity contribution >= 4 is 28.8 Å². The third kappa shape index (κ3) is 1.69. The van der Waals surface area contributed by atoms with Crippen LogP contribution < -0.4 is 10.5 Å². The zero-order chi connectivity index (χ0) is 12.0. The Morgan fingerprint density at radius 1 is 1.41 bits per heavy atom. The summed E-state index contributed by atoms with van der Waals surface area (Å²) < 4.78 is 5.59. The van der Waals surface area contributed by atoms with Crippen LogP contribution in [0.4, 0.5) is 0 Å². The summed E-state index contributed by atoms with van der Waals surface area (Å²) in [5.41, 5.74) is 7.19.